The molecule has 2 aliphatic heterocycles. The van der Waals surface area contributed by atoms with Crippen molar-refractivity contribution in [1.82, 2.24) is 4.90 Å². The number of benzene rings is 2. The van der Waals surface area contributed by atoms with Crippen molar-refractivity contribution in [2.24, 2.45) is 5.92 Å². The van der Waals surface area contributed by atoms with Crippen LogP contribution in [0.1, 0.15) is 12.0 Å². The zero-order chi connectivity index (χ0) is 20.5. The molecule has 2 aliphatic rings. The number of amides is 2. The van der Waals surface area contributed by atoms with E-state index in [0.29, 0.717) is 36.0 Å². The molecule has 1 fully saturated rings. The van der Waals surface area contributed by atoms with Crippen molar-refractivity contribution in [2.45, 2.75) is 13.0 Å². The Bertz CT molecular complexity index is 968. The maximum Gasteiger partial charge on any atom is 0.228 e. The van der Waals surface area contributed by atoms with E-state index < -0.39 is 5.92 Å². The van der Waals surface area contributed by atoms with Gasteiger partial charge in [0.2, 0.25) is 11.8 Å². The van der Waals surface area contributed by atoms with E-state index in [-0.39, 0.29) is 37.1 Å². The Hall–Kier alpha value is -2.61. The number of nitrogens with zero attached hydrogens (tertiary/aromatic N) is 2. The molecule has 1 unspecified atom stereocenters. The van der Waals surface area contributed by atoms with Crippen LogP contribution in [0.5, 0.6) is 11.5 Å². The van der Waals surface area contributed by atoms with Crippen molar-refractivity contribution >= 4 is 33.4 Å². The topological polar surface area (TPSA) is 59.1 Å². The number of carbonyl (C=O) groups excluding carboxylic acids is 2. The standard InChI is InChI=1S/C21H20BrFN2O4/c1-24(11-13-8-15(22)2-4-17(13)23)21(27)14-9-20(26)25(12-14)16-3-5-18-19(10-16)29-7-6-28-18/h2-5,8,10,14H,6-7,9,11-12H2,1H3. The lowest BCUT2D eigenvalue weighted by Crippen LogP contribution is -2.34. The molecule has 2 aromatic carbocycles. The first-order valence-corrected chi connectivity index (χ1v) is 10.1. The Morgan fingerprint density at radius 3 is 2.76 bits per heavy atom. The highest BCUT2D eigenvalue weighted by molar-refractivity contribution is 9.10. The molecule has 0 spiro atoms. The molecule has 6 nitrogen and oxygen atoms in total. The second-order valence-corrected chi connectivity index (χ2v) is 8.08. The summed E-state index contributed by atoms with van der Waals surface area (Å²) in [5, 5.41) is 0. The molecule has 4 rings (SSSR count). The van der Waals surface area contributed by atoms with Gasteiger partial charge in [-0.2, -0.15) is 0 Å². The fourth-order valence-corrected chi connectivity index (χ4v) is 4.04. The Morgan fingerprint density at radius 2 is 1.97 bits per heavy atom. The first-order valence-electron chi connectivity index (χ1n) is 9.31. The maximum absolute atomic E-state index is 14.0. The number of carbonyl (C=O) groups is 2. The van der Waals surface area contributed by atoms with Gasteiger partial charge in [-0.15, -0.1) is 0 Å². The molecule has 29 heavy (non-hydrogen) atoms. The van der Waals surface area contributed by atoms with E-state index in [4.69, 9.17) is 9.47 Å². The lowest BCUT2D eigenvalue weighted by molar-refractivity contribution is -0.135. The van der Waals surface area contributed by atoms with Crippen LogP contribution < -0.4 is 14.4 Å². The normalized spacial score (nSPS) is 18.1. The molecular formula is C21H20BrFN2O4. The van der Waals surface area contributed by atoms with Gasteiger partial charge in [-0.3, -0.25) is 9.59 Å². The van der Waals surface area contributed by atoms with Gasteiger partial charge in [-0.05, 0) is 30.3 Å². The first kappa shape index (κ1) is 19.7. The third-order valence-electron chi connectivity index (χ3n) is 5.10. The third kappa shape index (κ3) is 4.07. The van der Waals surface area contributed by atoms with E-state index in [1.807, 2.05) is 0 Å². The highest BCUT2D eigenvalue weighted by Crippen LogP contribution is 2.36. The van der Waals surface area contributed by atoms with Crippen LogP contribution >= 0.6 is 15.9 Å². The summed E-state index contributed by atoms with van der Waals surface area (Å²) in [5.74, 6) is 0.0950. The fraction of sp³-hybridized carbons (Fsp3) is 0.333. The number of hydrogen-bond donors (Lipinski definition) is 0. The lowest BCUT2D eigenvalue weighted by Gasteiger charge is -2.23. The second kappa shape index (κ2) is 8.02. The Morgan fingerprint density at radius 1 is 1.21 bits per heavy atom. The van der Waals surface area contributed by atoms with Crippen molar-refractivity contribution in [3.8, 4) is 11.5 Å². The third-order valence-corrected chi connectivity index (χ3v) is 5.60. The number of hydrogen-bond acceptors (Lipinski definition) is 4. The second-order valence-electron chi connectivity index (χ2n) is 7.16. The average molecular weight is 463 g/mol. The largest absolute Gasteiger partial charge is 0.486 e. The summed E-state index contributed by atoms with van der Waals surface area (Å²) in [6, 6.07) is 9.95. The highest BCUT2D eigenvalue weighted by atomic mass is 79.9. The zero-order valence-corrected chi connectivity index (χ0v) is 17.4. The molecule has 2 amide bonds. The number of ether oxygens (including phenoxy) is 2. The molecule has 1 saturated heterocycles. The molecule has 2 heterocycles. The van der Waals surface area contributed by atoms with Crippen molar-refractivity contribution in [3.05, 3.63) is 52.3 Å². The van der Waals surface area contributed by atoms with Gasteiger partial charge < -0.3 is 19.3 Å². The fourth-order valence-electron chi connectivity index (χ4n) is 3.63. The molecule has 0 aromatic heterocycles. The van der Waals surface area contributed by atoms with Crippen LogP contribution in [-0.4, -0.2) is 43.5 Å². The molecule has 8 heteroatoms. The van der Waals surface area contributed by atoms with Gasteiger partial charge in [0, 0.05) is 48.3 Å². The van der Waals surface area contributed by atoms with Gasteiger partial charge >= 0.3 is 0 Å². The van der Waals surface area contributed by atoms with E-state index >= 15 is 0 Å². The summed E-state index contributed by atoms with van der Waals surface area (Å²) in [4.78, 5) is 28.5. The zero-order valence-electron chi connectivity index (χ0n) is 15.9. The molecule has 0 N–H and O–H groups in total. The van der Waals surface area contributed by atoms with Gasteiger partial charge in [0.25, 0.3) is 0 Å². The summed E-state index contributed by atoms with van der Waals surface area (Å²) >= 11 is 3.32. The van der Waals surface area contributed by atoms with Crippen LogP contribution in [0.2, 0.25) is 0 Å². The molecule has 0 bridgehead atoms. The molecule has 0 radical (unpaired) electrons. The Kier molecular flexibility index (Phi) is 5.45. The lowest BCUT2D eigenvalue weighted by atomic mass is 10.1. The monoisotopic (exact) mass is 462 g/mol. The van der Waals surface area contributed by atoms with Crippen molar-refractivity contribution in [1.29, 1.82) is 0 Å². The van der Waals surface area contributed by atoms with E-state index in [0.717, 1.165) is 4.47 Å². The van der Waals surface area contributed by atoms with E-state index in [1.165, 1.54) is 11.0 Å². The molecule has 2 aromatic rings. The van der Waals surface area contributed by atoms with Gasteiger partial charge in [-0.1, -0.05) is 15.9 Å². The Balaban J connectivity index is 1.45. The number of rotatable bonds is 4. The molecule has 0 aliphatic carbocycles. The van der Waals surface area contributed by atoms with Crippen LogP contribution in [0, 0.1) is 11.7 Å². The molecule has 1 atom stereocenters. The first-order chi connectivity index (χ1) is 13.9. The summed E-state index contributed by atoms with van der Waals surface area (Å²) in [6.45, 7) is 1.38. The summed E-state index contributed by atoms with van der Waals surface area (Å²) in [5.41, 5.74) is 1.10. The van der Waals surface area contributed by atoms with E-state index in [9.17, 15) is 14.0 Å². The van der Waals surface area contributed by atoms with Gasteiger partial charge in [0.1, 0.15) is 19.0 Å². The number of anilines is 1. The molecule has 0 saturated carbocycles. The van der Waals surface area contributed by atoms with Crippen molar-refractivity contribution in [3.63, 3.8) is 0 Å². The summed E-state index contributed by atoms with van der Waals surface area (Å²) < 4.78 is 25.8. The minimum absolute atomic E-state index is 0.123. The van der Waals surface area contributed by atoms with E-state index in [2.05, 4.69) is 15.9 Å². The SMILES string of the molecule is CN(Cc1cc(Br)ccc1F)C(=O)C1CC(=O)N(c2ccc3c(c2)OCCO3)C1. The minimum atomic E-state index is -0.476. The van der Waals surface area contributed by atoms with Crippen LogP contribution in [0.15, 0.2) is 40.9 Å². The van der Waals surface area contributed by atoms with Crippen LogP contribution in [-0.2, 0) is 16.1 Å². The maximum atomic E-state index is 14.0. The van der Waals surface area contributed by atoms with Gasteiger partial charge in [-0.25, -0.2) is 4.39 Å². The minimum Gasteiger partial charge on any atom is -0.486 e. The van der Waals surface area contributed by atoms with Crippen molar-refractivity contribution < 1.29 is 23.5 Å². The van der Waals surface area contributed by atoms with Gasteiger partial charge in [0.15, 0.2) is 11.5 Å². The Labute approximate surface area is 176 Å². The summed E-state index contributed by atoms with van der Waals surface area (Å²) in [6.07, 6.45) is 0.124. The number of fused-ring (bicyclic) bond motifs is 1. The predicted molar refractivity (Wildman–Crippen MR) is 108 cm³/mol. The average Bonchev–Trinajstić information content (AvgIpc) is 3.11. The van der Waals surface area contributed by atoms with Gasteiger partial charge in [0.05, 0.1) is 5.92 Å². The summed E-state index contributed by atoms with van der Waals surface area (Å²) in [7, 11) is 1.62. The van der Waals surface area contributed by atoms with Crippen LogP contribution in [0.4, 0.5) is 10.1 Å². The number of halogens is 2. The van der Waals surface area contributed by atoms with Crippen LogP contribution in [0.3, 0.4) is 0 Å². The molecule has 152 valence electrons. The highest BCUT2D eigenvalue weighted by Gasteiger charge is 2.37. The van der Waals surface area contributed by atoms with E-state index in [1.54, 1.807) is 42.3 Å². The predicted octanol–water partition coefficient (Wildman–Crippen LogP) is 3.37. The smallest absolute Gasteiger partial charge is 0.228 e. The molecular weight excluding hydrogens is 443 g/mol. The van der Waals surface area contributed by atoms with Crippen LogP contribution in [0.25, 0.3) is 0 Å². The quantitative estimate of drug-likeness (QED) is 0.698. The van der Waals surface area contributed by atoms with Crippen molar-refractivity contribution in [2.75, 3.05) is 31.7 Å².